The van der Waals surface area contributed by atoms with Crippen molar-refractivity contribution in [3.63, 3.8) is 0 Å². The van der Waals surface area contributed by atoms with Gasteiger partial charge in [-0.3, -0.25) is 0 Å². The maximum atomic E-state index is 5.82. The average molecular weight is 499 g/mol. The molecule has 0 bridgehead atoms. The zero-order valence-electron chi connectivity index (χ0n) is 22.5. The van der Waals surface area contributed by atoms with Gasteiger partial charge in [-0.25, -0.2) is 0 Å². The Morgan fingerprint density at radius 1 is 0.676 bits per heavy atom. The number of benzene rings is 2. The van der Waals surface area contributed by atoms with Gasteiger partial charge in [-0.2, -0.15) is 0 Å². The third-order valence-electron chi connectivity index (χ3n) is 7.11. The molecule has 0 N–H and O–H groups in total. The third kappa shape index (κ3) is 9.74. The molecule has 2 aromatic carbocycles. The van der Waals surface area contributed by atoms with Gasteiger partial charge in [0.15, 0.2) is 0 Å². The monoisotopic (exact) mass is 498 g/mol. The van der Waals surface area contributed by atoms with Crippen molar-refractivity contribution < 1.29 is 14.2 Å². The van der Waals surface area contributed by atoms with Gasteiger partial charge in [0.1, 0.15) is 24.7 Å². The SMILES string of the molecule is CC1=CCC(CCc2ccc(OCCOCCOc3ccc(CCC4=CCC(C)C=C4)cc3)cc2)C=C1. The number of allylic oxidation sites excluding steroid dienone is 8. The van der Waals surface area contributed by atoms with Crippen molar-refractivity contribution in [2.45, 2.75) is 52.4 Å². The van der Waals surface area contributed by atoms with Gasteiger partial charge in [0.25, 0.3) is 0 Å². The Kier molecular flexibility index (Phi) is 10.7. The number of hydrogen-bond donors (Lipinski definition) is 0. The molecule has 3 heteroatoms. The lowest BCUT2D eigenvalue weighted by molar-refractivity contribution is 0.0764. The van der Waals surface area contributed by atoms with E-state index in [1.807, 2.05) is 0 Å². The standard InChI is InChI=1S/C34H42O3/c1-27-3-7-29(8-4-27)11-13-31-15-19-33(20-16-31)36-25-23-35-24-26-37-34-21-17-32(18-22-34)14-12-30-9-5-28(2)6-10-30/h3-5,7,9-10,15-22,28-29H,6,8,11-14,23-26H2,1-2H3. The molecule has 2 unspecified atom stereocenters. The average Bonchev–Trinajstić information content (AvgIpc) is 2.93. The van der Waals surface area contributed by atoms with Crippen molar-refractivity contribution in [1.29, 1.82) is 0 Å². The van der Waals surface area contributed by atoms with Crippen LogP contribution in [0.1, 0.15) is 50.7 Å². The molecule has 0 spiro atoms. The first-order chi connectivity index (χ1) is 18.1. The molecule has 37 heavy (non-hydrogen) atoms. The summed E-state index contributed by atoms with van der Waals surface area (Å²) in [6.07, 6.45) is 20.7. The summed E-state index contributed by atoms with van der Waals surface area (Å²) >= 11 is 0. The maximum absolute atomic E-state index is 5.82. The van der Waals surface area contributed by atoms with Crippen molar-refractivity contribution in [3.05, 3.63) is 107 Å². The molecule has 0 heterocycles. The summed E-state index contributed by atoms with van der Waals surface area (Å²) in [4.78, 5) is 0. The Bertz CT molecular complexity index is 1070. The molecular formula is C34H42O3. The summed E-state index contributed by atoms with van der Waals surface area (Å²) in [5.74, 6) is 3.12. The van der Waals surface area contributed by atoms with Crippen LogP contribution in [0.2, 0.25) is 0 Å². The molecule has 2 aliphatic carbocycles. The fourth-order valence-electron chi connectivity index (χ4n) is 4.63. The van der Waals surface area contributed by atoms with Gasteiger partial charge in [-0.1, -0.05) is 78.8 Å². The Morgan fingerprint density at radius 3 is 1.89 bits per heavy atom. The highest BCUT2D eigenvalue weighted by Gasteiger charge is 2.08. The molecular weight excluding hydrogens is 456 g/mol. The van der Waals surface area contributed by atoms with Crippen molar-refractivity contribution in [3.8, 4) is 11.5 Å². The van der Waals surface area contributed by atoms with Crippen LogP contribution in [0.15, 0.2) is 96.1 Å². The van der Waals surface area contributed by atoms with Crippen LogP contribution in [0.3, 0.4) is 0 Å². The van der Waals surface area contributed by atoms with Crippen molar-refractivity contribution >= 4 is 0 Å². The molecule has 0 amide bonds. The van der Waals surface area contributed by atoms with E-state index in [0.717, 1.165) is 43.6 Å². The second-order valence-electron chi connectivity index (χ2n) is 10.3. The van der Waals surface area contributed by atoms with Crippen LogP contribution in [-0.4, -0.2) is 26.4 Å². The van der Waals surface area contributed by atoms with Gasteiger partial charge in [-0.15, -0.1) is 0 Å². The summed E-state index contributed by atoms with van der Waals surface area (Å²) < 4.78 is 17.3. The molecule has 196 valence electrons. The van der Waals surface area contributed by atoms with Crippen molar-refractivity contribution in [1.82, 2.24) is 0 Å². The second kappa shape index (κ2) is 14.6. The van der Waals surface area contributed by atoms with Crippen molar-refractivity contribution in [2.75, 3.05) is 26.4 Å². The van der Waals surface area contributed by atoms with E-state index in [2.05, 4.69) is 98.8 Å². The van der Waals surface area contributed by atoms with E-state index in [4.69, 9.17) is 14.2 Å². The number of hydrogen-bond acceptors (Lipinski definition) is 3. The first kappa shape index (κ1) is 27.0. The minimum absolute atomic E-state index is 0.537. The molecule has 4 rings (SSSR count). The topological polar surface area (TPSA) is 27.7 Å². The van der Waals surface area contributed by atoms with Gasteiger partial charge in [0.2, 0.25) is 0 Å². The van der Waals surface area contributed by atoms with Crippen LogP contribution in [0.4, 0.5) is 0 Å². The Hall–Kier alpha value is -3.04. The van der Waals surface area contributed by atoms with E-state index in [0.29, 0.717) is 38.3 Å². The second-order valence-corrected chi connectivity index (χ2v) is 10.3. The first-order valence-electron chi connectivity index (χ1n) is 13.9. The van der Waals surface area contributed by atoms with Crippen LogP contribution >= 0.6 is 0 Å². The molecule has 0 saturated carbocycles. The Morgan fingerprint density at radius 2 is 1.32 bits per heavy atom. The molecule has 2 atom stereocenters. The zero-order chi connectivity index (χ0) is 25.7. The lowest BCUT2D eigenvalue weighted by atomic mass is 9.91. The van der Waals surface area contributed by atoms with Crippen LogP contribution in [0.5, 0.6) is 11.5 Å². The predicted molar refractivity (Wildman–Crippen MR) is 153 cm³/mol. The van der Waals surface area contributed by atoms with E-state index in [9.17, 15) is 0 Å². The summed E-state index contributed by atoms with van der Waals surface area (Å²) in [5.41, 5.74) is 5.54. The Labute approximate surface area is 223 Å². The molecule has 0 aliphatic heterocycles. The van der Waals surface area contributed by atoms with E-state index in [1.165, 1.54) is 28.7 Å². The molecule has 0 fully saturated rings. The van der Waals surface area contributed by atoms with E-state index in [-0.39, 0.29) is 0 Å². The summed E-state index contributed by atoms with van der Waals surface area (Å²) in [7, 11) is 0. The van der Waals surface area contributed by atoms with Gasteiger partial charge in [0, 0.05) is 0 Å². The first-order valence-corrected chi connectivity index (χ1v) is 13.9. The van der Waals surface area contributed by atoms with Crippen LogP contribution in [0, 0.1) is 11.8 Å². The molecule has 2 aliphatic rings. The molecule has 0 aromatic heterocycles. The molecule has 0 radical (unpaired) electrons. The molecule has 3 nitrogen and oxygen atoms in total. The highest BCUT2D eigenvalue weighted by molar-refractivity contribution is 5.30. The smallest absolute Gasteiger partial charge is 0.119 e. The fourth-order valence-corrected chi connectivity index (χ4v) is 4.63. The van der Waals surface area contributed by atoms with E-state index < -0.39 is 0 Å². The van der Waals surface area contributed by atoms with Gasteiger partial charge < -0.3 is 14.2 Å². The lowest BCUT2D eigenvalue weighted by Gasteiger charge is -2.14. The largest absolute Gasteiger partial charge is 0.491 e. The maximum Gasteiger partial charge on any atom is 0.119 e. The highest BCUT2D eigenvalue weighted by atomic mass is 16.5. The fraction of sp³-hybridized carbons (Fsp3) is 0.412. The minimum atomic E-state index is 0.537. The lowest BCUT2D eigenvalue weighted by Crippen LogP contribution is -2.12. The van der Waals surface area contributed by atoms with E-state index in [1.54, 1.807) is 0 Å². The summed E-state index contributed by atoms with van der Waals surface area (Å²) in [5, 5.41) is 0. The number of ether oxygens (including phenoxy) is 3. The van der Waals surface area contributed by atoms with Crippen LogP contribution in [-0.2, 0) is 17.6 Å². The normalized spacial score (nSPS) is 18.9. The summed E-state index contributed by atoms with van der Waals surface area (Å²) in [6.45, 7) is 6.60. The van der Waals surface area contributed by atoms with Crippen LogP contribution < -0.4 is 9.47 Å². The zero-order valence-corrected chi connectivity index (χ0v) is 22.5. The third-order valence-corrected chi connectivity index (χ3v) is 7.11. The predicted octanol–water partition coefficient (Wildman–Crippen LogP) is 8.07. The van der Waals surface area contributed by atoms with Gasteiger partial charge in [0.05, 0.1) is 13.2 Å². The molecule has 0 saturated heterocycles. The molecule has 2 aromatic rings. The van der Waals surface area contributed by atoms with Gasteiger partial charge in [-0.05, 0) is 92.7 Å². The quantitative estimate of drug-likeness (QED) is 0.246. The van der Waals surface area contributed by atoms with Crippen molar-refractivity contribution in [2.24, 2.45) is 11.8 Å². The number of rotatable bonds is 14. The van der Waals surface area contributed by atoms with E-state index >= 15 is 0 Å². The van der Waals surface area contributed by atoms with Crippen LogP contribution in [0.25, 0.3) is 0 Å². The Balaban J connectivity index is 1.03. The number of aryl methyl sites for hydroxylation is 2. The highest BCUT2D eigenvalue weighted by Crippen LogP contribution is 2.23. The minimum Gasteiger partial charge on any atom is -0.491 e. The van der Waals surface area contributed by atoms with Gasteiger partial charge >= 0.3 is 0 Å². The summed E-state index contributed by atoms with van der Waals surface area (Å²) in [6, 6.07) is 16.9.